The number of rotatable bonds is 7. The first kappa shape index (κ1) is 17.1. The van der Waals surface area contributed by atoms with E-state index in [0.29, 0.717) is 12.8 Å². The first-order chi connectivity index (χ1) is 9.27. The molecule has 20 heavy (non-hydrogen) atoms. The minimum atomic E-state index is -3.68. The Morgan fingerprint density at radius 1 is 1.45 bits per heavy atom. The van der Waals surface area contributed by atoms with Crippen LogP contribution in [0.15, 0.2) is 27.6 Å². The molecule has 0 aliphatic heterocycles. The Labute approximate surface area is 127 Å². The summed E-state index contributed by atoms with van der Waals surface area (Å²) < 4.78 is 27.4. The lowest BCUT2D eigenvalue weighted by atomic mass is 10.1. The average molecular weight is 364 g/mol. The Bertz CT molecular complexity index is 586. The summed E-state index contributed by atoms with van der Waals surface area (Å²) in [5.74, 6) is -1.69. The van der Waals surface area contributed by atoms with Gasteiger partial charge in [-0.1, -0.05) is 29.3 Å². The van der Waals surface area contributed by atoms with Crippen molar-refractivity contribution in [2.75, 3.05) is 6.54 Å². The Morgan fingerprint density at radius 3 is 2.60 bits per heavy atom. The van der Waals surface area contributed by atoms with Crippen LogP contribution in [0.4, 0.5) is 0 Å². The number of sulfonamides is 1. The highest BCUT2D eigenvalue weighted by molar-refractivity contribution is 9.10. The van der Waals surface area contributed by atoms with E-state index >= 15 is 0 Å². The lowest BCUT2D eigenvalue weighted by Gasteiger charge is -2.13. The normalized spacial score (nSPS) is 13.2. The van der Waals surface area contributed by atoms with Gasteiger partial charge in [-0.25, -0.2) is 13.1 Å². The molecule has 2 N–H and O–H groups in total. The van der Waals surface area contributed by atoms with Crippen molar-refractivity contribution < 1.29 is 18.3 Å². The van der Waals surface area contributed by atoms with Crippen LogP contribution in [0.3, 0.4) is 0 Å². The van der Waals surface area contributed by atoms with E-state index in [2.05, 4.69) is 20.7 Å². The fourth-order valence-electron chi connectivity index (χ4n) is 1.74. The Hall–Kier alpha value is -0.920. The SMILES string of the molecule is CCCC(CNS(=O)(=O)c1ccc(Br)c(C)c1)C(=O)O. The van der Waals surface area contributed by atoms with Gasteiger partial charge in [-0.15, -0.1) is 0 Å². The van der Waals surface area contributed by atoms with Crippen LogP contribution in [0, 0.1) is 12.8 Å². The molecule has 112 valence electrons. The van der Waals surface area contributed by atoms with Gasteiger partial charge in [-0.3, -0.25) is 4.79 Å². The van der Waals surface area contributed by atoms with Crippen LogP contribution in [-0.2, 0) is 14.8 Å². The molecule has 0 heterocycles. The van der Waals surface area contributed by atoms with Gasteiger partial charge in [0.05, 0.1) is 10.8 Å². The second-order valence-electron chi connectivity index (χ2n) is 4.59. The summed E-state index contributed by atoms with van der Waals surface area (Å²) >= 11 is 3.30. The van der Waals surface area contributed by atoms with Crippen LogP contribution < -0.4 is 4.72 Å². The minimum absolute atomic E-state index is 0.0966. The quantitative estimate of drug-likeness (QED) is 0.779. The monoisotopic (exact) mass is 363 g/mol. The van der Waals surface area contributed by atoms with Gasteiger partial charge in [-0.2, -0.15) is 0 Å². The molecule has 1 aromatic rings. The zero-order valence-electron chi connectivity index (χ0n) is 11.4. The van der Waals surface area contributed by atoms with Crippen molar-refractivity contribution in [3.63, 3.8) is 0 Å². The second kappa shape index (κ2) is 7.19. The van der Waals surface area contributed by atoms with Crippen molar-refractivity contribution in [2.24, 2.45) is 5.92 Å². The first-order valence-corrected chi connectivity index (χ1v) is 8.54. The van der Waals surface area contributed by atoms with E-state index in [4.69, 9.17) is 5.11 Å². The molecule has 0 fully saturated rings. The third-order valence-corrected chi connectivity index (χ3v) is 5.26. The van der Waals surface area contributed by atoms with Gasteiger partial charge >= 0.3 is 5.97 Å². The summed E-state index contributed by atoms with van der Waals surface area (Å²) in [5.41, 5.74) is 0.802. The fourth-order valence-corrected chi connectivity index (χ4v) is 3.15. The molecule has 0 bridgehead atoms. The molecule has 7 heteroatoms. The van der Waals surface area contributed by atoms with Gasteiger partial charge in [0.1, 0.15) is 0 Å². The van der Waals surface area contributed by atoms with Crippen molar-refractivity contribution in [2.45, 2.75) is 31.6 Å². The Balaban J connectivity index is 2.84. The maximum atomic E-state index is 12.1. The predicted molar refractivity (Wildman–Crippen MR) is 80.1 cm³/mol. The van der Waals surface area contributed by atoms with Crippen LogP contribution in [0.2, 0.25) is 0 Å². The molecule has 0 aliphatic rings. The van der Waals surface area contributed by atoms with Crippen LogP contribution in [0.25, 0.3) is 0 Å². The third kappa shape index (κ3) is 4.57. The van der Waals surface area contributed by atoms with E-state index in [1.54, 1.807) is 19.1 Å². The van der Waals surface area contributed by atoms with Crippen LogP contribution in [0.5, 0.6) is 0 Å². The van der Waals surface area contributed by atoms with Gasteiger partial charge in [0.15, 0.2) is 0 Å². The zero-order chi connectivity index (χ0) is 15.3. The summed E-state index contributed by atoms with van der Waals surface area (Å²) in [6.45, 7) is 3.56. The van der Waals surface area contributed by atoms with Gasteiger partial charge in [0, 0.05) is 11.0 Å². The maximum Gasteiger partial charge on any atom is 0.307 e. The summed E-state index contributed by atoms with van der Waals surface area (Å²) in [6.07, 6.45) is 1.13. The molecular weight excluding hydrogens is 346 g/mol. The molecule has 0 saturated heterocycles. The molecule has 0 amide bonds. The minimum Gasteiger partial charge on any atom is -0.481 e. The summed E-state index contributed by atoms with van der Waals surface area (Å²) in [4.78, 5) is 11.1. The van der Waals surface area contributed by atoms with Gasteiger partial charge < -0.3 is 5.11 Å². The van der Waals surface area contributed by atoms with Crippen LogP contribution >= 0.6 is 15.9 Å². The van der Waals surface area contributed by atoms with Crippen molar-refractivity contribution in [1.82, 2.24) is 4.72 Å². The van der Waals surface area contributed by atoms with Crippen molar-refractivity contribution >= 4 is 31.9 Å². The second-order valence-corrected chi connectivity index (χ2v) is 7.21. The number of hydrogen-bond acceptors (Lipinski definition) is 3. The molecule has 0 spiro atoms. The number of halogens is 1. The van der Waals surface area contributed by atoms with Gasteiger partial charge in [0.2, 0.25) is 10.0 Å². The number of benzene rings is 1. The standard InChI is InChI=1S/C13H18BrNO4S/c1-3-4-10(13(16)17)8-15-20(18,19)11-5-6-12(14)9(2)7-11/h5-7,10,15H,3-4,8H2,1-2H3,(H,16,17). The molecule has 5 nitrogen and oxygen atoms in total. The Kier molecular flexibility index (Phi) is 6.16. The van der Waals surface area contributed by atoms with E-state index in [1.165, 1.54) is 6.07 Å². The van der Waals surface area contributed by atoms with Gasteiger partial charge in [-0.05, 0) is 37.1 Å². The molecular formula is C13H18BrNO4S. The lowest BCUT2D eigenvalue weighted by molar-refractivity contribution is -0.141. The highest BCUT2D eigenvalue weighted by Gasteiger charge is 2.21. The number of hydrogen-bond donors (Lipinski definition) is 2. The molecule has 0 aromatic heterocycles. The van der Waals surface area contributed by atoms with Crippen LogP contribution in [0.1, 0.15) is 25.3 Å². The summed E-state index contributed by atoms with van der Waals surface area (Å²) in [5, 5.41) is 9.01. The zero-order valence-corrected chi connectivity index (χ0v) is 13.8. The van der Waals surface area contributed by atoms with E-state index in [-0.39, 0.29) is 11.4 Å². The summed E-state index contributed by atoms with van der Waals surface area (Å²) in [6, 6.07) is 4.68. The number of carbonyl (C=O) groups is 1. The van der Waals surface area contributed by atoms with Gasteiger partial charge in [0.25, 0.3) is 0 Å². The molecule has 1 aromatic carbocycles. The number of aliphatic carboxylic acids is 1. The Morgan fingerprint density at radius 2 is 2.10 bits per heavy atom. The van der Waals surface area contributed by atoms with E-state index in [9.17, 15) is 13.2 Å². The number of carboxylic acids is 1. The number of nitrogens with one attached hydrogen (secondary N) is 1. The average Bonchev–Trinajstić information content (AvgIpc) is 2.37. The van der Waals surface area contributed by atoms with E-state index in [1.807, 2.05) is 6.92 Å². The van der Waals surface area contributed by atoms with Crippen molar-refractivity contribution in [3.8, 4) is 0 Å². The molecule has 0 aliphatic carbocycles. The first-order valence-electron chi connectivity index (χ1n) is 6.26. The van der Waals surface area contributed by atoms with E-state index < -0.39 is 21.9 Å². The van der Waals surface area contributed by atoms with Crippen LogP contribution in [-0.4, -0.2) is 26.0 Å². The fraction of sp³-hybridized carbons (Fsp3) is 0.462. The number of aryl methyl sites for hydroxylation is 1. The highest BCUT2D eigenvalue weighted by Crippen LogP contribution is 2.20. The smallest absolute Gasteiger partial charge is 0.307 e. The maximum absolute atomic E-state index is 12.1. The van der Waals surface area contributed by atoms with E-state index in [0.717, 1.165) is 10.0 Å². The molecule has 0 radical (unpaired) electrons. The highest BCUT2D eigenvalue weighted by atomic mass is 79.9. The third-order valence-electron chi connectivity index (χ3n) is 2.95. The topological polar surface area (TPSA) is 83.5 Å². The molecule has 1 unspecified atom stereocenters. The molecule has 0 saturated carbocycles. The van der Waals surface area contributed by atoms with Crippen molar-refractivity contribution in [3.05, 3.63) is 28.2 Å². The predicted octanol–water partition coefficient (Wildman–Crippen LogP) is 2.54. The summed E-state index contributed by atoms with van der Waals surface area (Å²) in [7, 11) is -3.68. The number of carboxylic acid groups (broad SMARTS) is 1. The lowest BCUT2D eigenvalue weighted by Crippen LogP contribution is -2.33. The largest absolute Gasteiger partial charge is 0.481 e. The van der Waals surface area contributed by atoms with Crippen molar-refractivity contribution in [1.29, 1.82) is 0 Å². The molecule has 1 rings (SSSR count). The molecule has 1 atom stereocenters.